The number of thiazole rings is 1. The molecule has 7 nitrogen and oxygen atoms in total. The number of nitrogens with one attached hydrogen (secondary N) is 2. The predicted octanol–water partition coefficient (Wildman–Crippen LogP) is 3.78. The predicted molar refractivity (Wildman–Crippen MR) is 119 cm³/mol. The van der Waals surface area contributed by atoms with Crippen LogP contribution in [0, 0.1) is 6.92 Å². The van der Waals surface area contributed by atoms with Crippen LogP contribution in [0.25, 0.3) is 0 Å². The molecule has 0 aliphatic carbocycles. The standard InChI is InChI=1S/C22H24N4O3S/c1-15-23-12-18(30-15)13-26(2)14-21(27)24-17-10-8-16(9-11-17)22(28)25-19-6-4-5-7-20(19)29-3/h4-12H,13-14H2,1-3H3,(H,24,27)(H,25,28). The molecule has 0 aliphatic rings. The first-order valence-corrected chi connectivity index (χ1v) is 10.2. The zero-order valence-corrected chi connectivity index (χ0v) is 18.0. The zero-order chi connectivity index (χ0) is 21.5. The third kappa shape index (κ3) is 5.88. The summed E-state index contributed by atoms with van der Waals surface area (Å²) < 4.78 is 5.25. The van der Waals surface area contributed by atoms with Crippen LogP contribution in [-0.2, 0) is 11.3 Å². The van der Waals surface area contributed by atoms with E-state index in [-0.39, 0.29) is 18.4 Å². The maximum Gasteiger partial charge on any atom is 0.255 e. The molecule has 0 fully saturated rings. The third-order valence-corrected chi connectivity index (χ3v) is 5.19. The van der Waals surface area contributed by atoms with E-state index >= 15 is 0 Å². The van der Waals surface area contributed by atoms with E-state index in [2.05, 4.69) is 15.6 Å². The van der Waals surface area contributed by atoms with Gasteiger partial charge in [-0.3, -0.25) is 14.5 Å². The number of benzene rings is 2. The Hall–Kier alpha value is -3.23. The molecule has 1 heterocycles. The Labute approximate surface area is 179 Å². The van der Waals surface area contributed by atoms with Crippen molar-refractivity contribution >= 4 is 34.5 Å². The fourth-order valence-electron chi connectivity index (χ4n) is 2.89. The van der Waals surface area contributed by atoms with Crippen molar-refractivity contribution < 1.29 is 14.3 Å². The first-order valence-electron chi connectivity index (χ1n) is 9.38. The summed E-state index contributed by atoms with van der Waals surface area (Å²) in [5.74, 6) is 0.217. The maximum absolute atomic E-state index is 12.5. The lowest BCUT2D eigenvalue weighted by atomic mass is 10.2. The minimum absolute atomic E-state index is 0.120. The molecule has 2 aromatic carbocycles. The number of ether oxygens (including phenoxy) is 1. The van der Waals surface area contributed by atoms with Crippen molar-refractivity contribution in [1.82, 2.24) is 9.88 Å². The van der Waals surface area contributed by atoms with Crippen molar-refractivity contribution in [3.05, 3.63) is 70.2 Å². The number of nitrogens with zero attached hydrogens (tertiary/aromatic N) is 2. The van der Waals surface area contributed by atoms with Crippen LogP contribution in [0.1, 0.15) is 20.2 Å². The van der Waals surface area contributed by atoms with Gasteiger partial charge in [-0.15, -0.1) is 11.3 Å². The van der Waals surface area contributed by atoms with Gasteiger partial charge in [0.15, 0.2) is 0 Å². The number of aromatic nitrogens is 1. The minimum atomic E-state index is -0.253. The highest BCUT2D eigenvalue weighted by atomic mass is 32.1. The molecule has 3 aromatic rings. The fourth-order valence-corrected chi connectivity index (χ4v) is 3.77. The van der Waals surface area contributed by atoms with E-state index in [1.165, 1.54) is 0 Å². The summed E-state index contributed by atoms with van der Waals surface area (Å²) in [6.45, 7) is 2.88. The highest BCUT2D eigenvalue weighted by molar-refractivity contribution is 7.11. The molecule has 0 saturated heterocycles. The van der Waals surface area contributed by atoms with E-state index in [0.29, 0.717) is 29.2 Å². The van der Waals surface area contributed by atoms with Gasteiger partial charge in [0.1, 0.15) is 5.75 Å². The number of rotatable bonds is 8. The number of carbonyl (C=O) groups excluding carboxylic acids is 2. The van der Waals surface area contributed by atoms with E-state index in [4.69, 9.17) is 4.74 Å². The van der Waals surface area contributed by atoms with Crippen LogP contribution >= 0.6 is 11.3 Å². The van der Waals surface area contributed by atoms with Gasteiger partial charge in [-0.1, -0.05) is 12.1 Å². The first kappa shape index (κ1) is 21.5. The molecular formula is C22H24N4O3S. The molecule has 0 unspecified atom stereocenters. The topological polar surface area (TPSA) is 83.6 Å². The Morgan fingerprint density at radius 2 is 1.83 bits per heavy atom. The number of hydrogen-bond acceptors (Lipinski definition) is 6. The maximum atomic E-state index is 12.5. The van der Waals surface area contributed by atoms with Gasteiger partial charge >= 0.3 is 0 Å². The van der Waals surface area contributed by atoms with Crippen molar-refractivity contribution in [2.75, 3.05) is 31.3 Å². The Morgan fingerprint density at radius 3 is 2.50 bits per heavy atom. The Balaban J connectivity index is 1.53. The van der Waals surface area contributed by atoms with E-state index in [1.807, 2.05) is 37.2 Å². The molecule has 30 heavy (non-hydrogen) atoms. The number of aryl methyl sites for hydroxylation is 1. The van der Waals surface area contributed by atoms with Gasteiger partial charge in [-0.25, -0.2) is 4.98 Å². The summed E-state index contributed by atoms with van der Waals surface area (Å²) in [6.07, 6.45) is 1.84. The van der Waals surface area contributed by atoms with Gasteiger partial charge in [0.25, 0.3) is 5.91 Å². The average Bonchev–Trinajstić information content (AvgIpc) is 3.13. The number of amides is 2. The van der Waals surface area contributed by atoms with Crippen LogP contribution in [0.15, 0.2) is 54.7 Å². The highest BCUT2D eigenvalue weighted by Gasteiger charge is 2.11. The quantitative estimate of drug-likeness (QED) is 0.575. The van der Waals surface area contributed by atoms with Crippen LogP contribution in [0.3, 0.4) is 0 Å². The highest BCUT2D eigenvalue weighted by Crippen LogP contribution is 2.24. The Morgan fingerprint density at radius 1 is 1.10 bits per heavy atom. The Kier molecular flexibility index (Phi) is 7.16. The van der Waals surface area contributed by atoms with Crippen molar-refractivity contribution in [2.45, 2.75) is 13.5 Å². The summed E-state index contributed by atoms with van der Waals surface area (Å²) in [5, 5.41) is 6.69. The van der Waals surface area contributed by atoms with Gasteiger partial charge < -0.3 is 15.4 Å². The molecule has 1 aromatic heterocycles. The van der Waals surface area contributed by atoms with E-state index in [0.717, 1.165) is 9.88 Å². The molecule has 2 amide bonds. The van der Waals surface area contributed by atoms with Crippen molar-refractivity contribution in [3.63, 3.8) is 0 Å². The van der Waals surface area contributed by atoms with Crippen molar-refractivity contribution in [1.29, 1.82) is 0 Å². The number of methoxy groups -OCH3 is 1. The van der Waals surface area contributed by atoms with E-state index in [9.17, 15) is 9.59 Å². The molecule has 2 N–H and O–H groups in total. The molecule has 0 spiro atoms. The molecule has 0 atom stereocenters. The number of anilines is 2. The summed E-state index contributed by atoms with van der Waals surface area (Å²) in [7, 11) is 3.44. The average molecular weight is 425 g/mol. The van der Waals surface area contributed by atoms with Crippen LogP contribution in [0.5, 0.6) is 5.75 Å². The van der Waals surface area contributed by atoms with Gasteiger partial charge in [0, 0.05) is 28.9 Å². The van der Waals surface area contributed by atoms with Gasteiger partial charge in [0.2, 0.25) is 5.91 Å². The molecular weight excluding hydrogens is 400 g/mol. The largest absolute Gasteiger partial charge is 0.495 e. The summed E-state index contributed by atoms with van der Waals surface area (Å²) in [4.78, 5) is 32.0. The van der Waals surface area contributed by atoms with E-state index < -0.39 is 0 Å². The zero-order valence-electron chi connectivity index (χ0n) is 17.1. The van der Waals surface area contributed by atoms with Crippen molar-refractivity contribution in [3.8, 4) is 5.75 Å². The summed E-state index contributed by atoms with van der Waals surface area (Å²) in [5.41, 5.74) is 1.72. The molecule has 0 bridgehead atoms. The SMILES string of the molecule is COc1ccccc1NC(=O)c1ccc(NC(=O)CN(C)Cc2cnc(C)s2)cc1. The third-order valence-electron chi connectivity index (χ3n) is 4.29. The molecule has 0 saturated carbocycles. The summed E-state index contributed by atoms with van der Waals surface area (Å²) >= 11 is 1.62. The van der Waals surface area contributed by atoms with Crippen LogP contribution in [0.4, 0.5) is 11.4 Å². The van der Waals surface area contributed by atoms with Crippen LogP contribution in [0.2, 0.25) is 0 Å². The lowest BCUT2D eigenvalue weighted by molar-refractivity contribution is -0.117. The van der Waals surface area contributed by atoms with Gasteiger partial charge in [-0.2, -0.15) is 0 Å². The molecule has 0 aliphatic heterocycles. The fraction of sp³-hybridized carbons (Fsp3) is 0.227. The molecule has 156 valence electrons. The lowest BCUT2D eigenvalue weighted by Crippen LogP contribution is -2.29. The molecule has 8 heteroatoms. The lowest BCUT2D eigenvalue weighted by Gasteiger charge is -2.15. The number of hydrogen-bond donors (Lipinski definition) is 2. The monoisotopic (exact) mass is 424 g/mol. The second kappa shape index (κ2) is 10.00. The minimum Gasteiger partial charge on any atom is -0.495 e. The molecule has 0 radical (unpaired) electrons. The Bertz CT molecular complexity index is 1020. The van der Waals surface area contributed by atoms with Crippen LogP contribution in [-0.4, -0.2) is 42.4 Å². The second-order valence-electron chi connectivity index (χ2n) is 6.80. The number of carbonyl (C=O) groups is 2. The summed E-state index contributed by atoms with van der Waals surface area (Å²) in [6, 6.07) is 14.0. The van der Waals surface area contributed by atoms with Gasteiger partial charge in [-0.05, 0) is 50.4 Å². The van der Waals surface area contributed by atoms with Gasteiger partial charge in [0.05, 0.1) is 24.3 Å². The second-order valence-corrected chi connectivity index (χ2v) is 8.12. The van der Waals surface area contributed by atoms with Crippen molar-refractivity contribution in [2.24, 2.45) is 0 Å². The first-order chi connectivity index (χ1) is 14.4. The number of likely N-dealkylation sites (N-methyl/N-ethyl adjacent to an activating group) is 1. The van der Waals surface area contributed by atoms with E-state index in [1.54, 1.807) is 54.8 Å². The smallest absolute Gasteiger partial charge is 0.255 e. The molecule has 3 rings (SSSR count). The van der Waals surface area contributed by atoms with Crippen LogP contribution < -0.4 is 15.4 Å². The normalized spacial score (nSPS) is 10.7. The number of para-hydroxylation sites is 2.